The monoisotopic (exact) mass is 312 g/mol. The van der Waals surface area contributed by atoms with Crippen LogP contribution in [-0.2, 0) is 9.53 Å². The molecule has 116 valence electrons. The Balaban J connectivity index is 1.68. The Morgan fingerprint density at radius 1 is 1.43 bits per heavy atom. The van der Waals surface area contributed by atoms with Crippen molar-refractivity contribution in [2.45, 2.75) is 12.5 Å². The zero-order chi connectivity index (χ0) is 15.3. The number of benzene rings is 1. The molecule has 1 aromatic carbocycles. The maximum Gasteiger partial charge on any atom is 0.248 e. The molecule has 0 atom stereocenters. The number of likely N-dealkylation sites (N-methyl/N-ethyl adjacent to an activating group) is 1. The number of nitrogens with one attached hydrogen (secondary N) is 1. The van der Waals surface area contributed by atoms with Gasteiger partial charge in [-0.15, -0.1) is 0 Å². The molecule has 0 spiro atoms. The van der Waals surface area contributed by atoms with Gasteiger partial charge in [0.05, 0.1) is 17.2 Å². The van der Waals surface area contributed by atoms with Gasteiger partial charge >= 0.3 is 0 Å². The fraction of sp³-hybridized carbons (Fsp3) is 0.533. The number of rotatable bonds is 7. The molecule has 1 aliphatic heterocycles. The third-order valence-electron chi connectivity index (χ3n) is 3.49. The molecule has 1 amide bonds. The summed E-state index contributed by atoms with van der Waals surface area (Å²) < 4.78 is 11.2. The molecule has 1 saturated heterocycles. The molecule has 0 saturated carbocycles. The fourth-order valence-corrected chi connectivity index (χ4v) is 2.09. The van der Waals surface area contributed by atoms with E-state index in [0.717, 1.165) is 13.1 Å². The van der Waals surface area contributed by atoms with Gasteiger partial charge in [0, 0.05) is 20.1 Å². The number of para-hydroxylation sites is 1. The number of ether oxygens (including phenoxy) is 2. The van der Waals surface area contributed by atoms with Crippen LogP contribution in [0.2, 0.25) is 5.02 Å². The first-order chi connectivity index (χ1) is 10.0. The van der Waals surface area contributed by atoms with E-state index in [4.69, 9.17) is 21.1 Å². The first-order valence-corrected chi connectivity index (χ1v) is 7.34. The van der Waals surface area contributed by atoms with Gasteiger partial charge in [-0.05, 0) is 19.1 Å². The van der Waals surface area contributed by atoms with E-state index >= 15 is 0 Å². The van der Waals surface area contributed by atoms with E-state index in [1.54, 1.807) is 24.1 Å². The largest absolute Gasteiger partial charge is 0.490 e. The molecule has 1 aliphatic rings. The molecule has 0 bridgehead atoms. The van der Waals surface area contributed by atoms with E-state index in [9.17, 15) is 4.79 Å². The second-order valence-electron chi connectivity index (χ2n) is 5.44. The standard InChI is InChI=1S/C15H21ClN2O3/c1-15(10-17-11-15)21-9-14(19)18(2)7-8-20-13-6-4-3-5-12(13)16/h3-6,17H,7-11H2,1-2H3. The number of carbonyl (C=O) groups is 1. The molecule has 1 heterocycles. The van der Waals surface area contributed by atoms with Gasteiger partial charge in [-0.3, -0.25) is 4.79 Å². The third-order valence-corrected chi connectivity index (χ3v) is 3.80. The lowest BCUT2D eigenvalue weighted by Gasteiger charge is -2.39. The Hall–Kier alpha value is -1.30. The average molecular weight is 313 g/mol. The van der Waals surface area contributed by atoms with Crippen LogP contribution in [0.3, 0.4) is 0 Å². The van der Waals surface area contributed by atoms with Crippen LogP contribution in [0.25, 0.3) is 0 Å². The van der Waals surface area contributed by atoms with E-state index in [1.807, 2.05) is 19.1 Å². The zero-order valence-corrected chi connectivity index (χ0v) is 13.2. The molecule has 2 rings (SSSR count). The lowest BCUT2D eigenvalue weighted by atomic mass is 10.0. The second kappa shape index (κ2) is 7.11. The quantitative estimate of drug-likeness (QED) is 0.830. The number of amides is 1. The highest BCUT2D eigenvalue weighted by atomic mass is 35.5. The number of hydrogen-bond donors (Lipinski definition) is 1. The smallest absolute Gasteiger partial charge is 0.248 e. The molecule has 0 radical (unpaired) electrons. The maximum absolute atomic E-state index is 11.9. The predicted octanol–water partition coefficient (Wildman–Crippen LogP) is 1.56. The summed E-state index contributed by atoms with van der Waals surface area (Å²) in [5, 5.41) is 3.70. The lowest BCUT2D eigenvalue weighted by molar-refractivity contribution is -0.145. The summed E-state index contributed by atoms with van der Waals surface area (Å²) in [7, 11) is 1.74. The van der Waals surface area contributed by atoms with Gasteiger partial charge in [-0.1, -0.05) is 23.7 Å². The van der Waals surface area contributed by atoms with E-state index in [-0.39, 0.29) is 18.1 Å². The summed E-state index contributed by atoms with van der Waals surface area (Å²) in [5.41, 5.74) is -0.204. The normalized spacial score (nSPS) is 16.1. The molecule has 21 heavy (non-hydrogen) atoms. The van der Waals surface area contributed by atoms with Crippen molar-refractivity contribution in [1.29, 1.82) is 0 Å². The van der Waals surface area contributed by atoms with Crippen molar-refractivity contribution in [2.75, 3.05) is 39.9 Å². The molecule has 0 unspecified atom stereocenters. The second-order valence-corrected chi connectivity index (χ2v) is 5.84. The molecular weight excluding hydrogens is 292 g/mol. The minimum Gasteiger partial charge on any atom is -0.490 e. The number of nitrogens with zero attached hydrogens (tertiary/aromatic N) is 1. The molecular formula is C15H21ClN2O3. The van der Waals surface area contributed by atoms with Crippen LogP contribution >= 0.6 is 11.6 Å². The Morgan fingerprint density at radius 3 is 2.76 bits per heavy atom. The van der Waals surface area contributed by atoms with Gasteiger partial charge in [-0.2, -0.15) is 0 Å². The van der Waals surface area contributed by atoms with Crippen molar-refractivity contribution >= 4 is 17.5 Å². The van der Waals surface area contributed by atoms with Gasteiger partial charge < -0.3 is 19.7 Å². The third kappa shape index (κ3) is 4.59. The minimum absolute atomic E-state index is 0.0501. The molecule has 1 aromatic rings. The number of halogens is 1. The van der Waals surface area contributed by atoms with Crippen LogP contribution < -0.4 is 10.1 Å². The van der Waals surface area contributed by atoms with Gasteiger partial charge in [0.2, 0.25) is 5.91 Å². The Morgan fingerprint density at radius 2 is 2.14 bits per heavy atom. The van der Waals surface area contributed by atoms with E-state index in [0.29, 0.717) is 23.9 Å². The van der Waals surface area contributed by atoms with Crippen LogP contribution in [0.15, 0.2) is 24.3 Å². The Bertz CT molecular complexity index is 492. The van der Waals surface area contributed by atoms with Crippen molar-refractivity contribution in [1.82, 2.24) is 10.2 Å². The van der Waals surface area contributed by atoms with Crippen molar-refractivity contribution < 1.29 is 14.3 Å². The molecule has 0 aromatic heterocycles. The minimum atomic E-state index is -0.204. The summed E-state index contributed by atoms with van der Waals surface area (Å²) in [5.74, 6) is 0.579. The van der Waals surface area contributed by atoms with Crippen molar-refractivity contribution in [2.24, 2.45) is 0 Å². The number of carbonyl (C=O) groups excluding carboxylic acids is 1. The van der Waals surface area contributed by atoms with E-state index < -0.39 is 0 Å². The highest BCUT2D eigenvalue weighted by Gasteiger charge is 2.33. The molecule has 1 N–H and O–H groups in total. The Labute approximate surface area is 130 Å². The Kier molecular flexibility index (Phi) is 5.45. The van der Waals surface area contributed by atoms with Crippen LogP contribution in [-0.4, -0.2) is 56.3 Å². The maximum atomic E-state index is 11.9. The summed E-state index contributed by atoms with van der Waals surface area (Å²) >= 11 is 5.99. The van der Waals surface area contributed by atoms with Gasteiger partial charge in [0.25, 0.3) is 0 Å². The van der Waals surface area contributed by atoms with Crippen molar-refractivity contribution in [3.8, 4) is 5.75 Å². The van der Waals surface area contributed by atoms with E-state index in [2.05, 4.69) is 5.32 Å². The molecule has 6 heteroatoms. The summed E-state index contributed by atoms with van der Waals surface area (Å²) in [6, 6.07) is 7.28. The highest BCUT2D eigenvalue weighted by molar-refractivity contribution is 6.32. The van der Waals surface area contributed by atoms with Crippen LogP contribution in [0, 0.1) is 0 Å². The van der Waals surface area contributed by atoms with Crippen LogP contribution in [0.4, 0.5) is 0 Å². The molecule has 5 nitrogen and oxygen atoms in total. The predicted molar refractivity (Wildman–Crippen MR) is 81.8 cm³/mol. The molecule has 1 fully saturated rings. The van der Waals surface area contributed by atoms with Gasteiger partial charge in [0.1, 0.15) is 19.0 Å². The van der Waals surface area contributed by atoms with Gasteiger partial charge in [0.15, 0.2) is 0 Å². The first-order valence-electron chi connectivity index (χ1n) is 6.96. The van der Waals surface area contributed by atoms with Crippen molar-refractivity contribution in [3.63, 3.8) is 0 Å². The summed E-state index contributed by atoms with van der Waals surface area (Å²) in [6.45, 7) is 4.56. The van der Waals surface area contributed by atoms with Crippen LogP contribution in [0.5, 0.6) is 5.75 Å². The van der Waals surface area contributed by atoms with Crippen molar-refractivity contribution in [3.05, 3.63) is 29.3 Å². The average Bonchev–Trinajstić information content (AvgIpc) is 2.44. The molecule has 0 aliphatic carbocycles. The van der Waals surface area contributed by atoms with Crippen LogP contribution in [0.1, 0.15) is 6.92 Å². The lowest BCUT2D eigenvalue weighted by Crippen LogP contribution is -2.59. The highest BCUT2D eigenvalue weighted by Crippen LogP contribution is 2.22. The summed E-state index contributed by atoms with van der Waals surface area (Å²) in [6.07, 6.45) is 0. The first kappa shape index (κ1) is 16.1. The van der Waals surface area contributed by atoms with Gasteiger partial charge in [-0.25, -0.2) is 0 Å². The number of hydrogen-bond acceptors (Lipinski definition) is 4. The fourth-order valence-electron chi connectivity index (χ4n) is 1.90. The zero-order valence-electron chi connectivity index (χ0n) is 12.4. The topological polar surface area (TPSA) is 50.8 Å². The van der Waals surface area contributed by atoms with E-state index in [1.165, 1.54) is 0 Å². The SMILES string of the molecule is CN(CCOc1ccccc1Cl)C(=O)COC1(C)CNC1. The summed E-state index contributed by atoms with van der Waals surface area (Å²) in [4.78, 5) is 13.5.